The van der Waals surface area contributed by atoms with E-state index in [1.807, 2.05) is 0 Å². The third kappa shape index (κ3) is 5.63. The molecule has 1 aliphatic carbocycles. The van der Waals surface area contributed by atoms with Crippen molar-refractivity contribution >= 4 is 35.2 Å². The molecule has 2 amide bonds. The number of aliphatic hydroxyl groups is 1. The summed E-state index contributed by atoms with van der Waals surface area (Å²) >= 11 is 8.21. The number of amides is 2. The standard InChI is InChI=1S/C24H40ClN5O4S/c1-12-5-15(16-7-21(25)27-9-19(16)34-2)17(8-26-12)22(32)29-24-28-18-4-3-13(6-20(18)35-24)23(33)30-10-14(31)11-30/h12-21,24,26-28,31H,3-11H2,1-2H3,(H,29,32)/t12?,13-,15?,16?,17?,18?,19?,20?,21?,24?/m1/s1. The van der Waals surface area contributed by atoms with Crippen LogP contribution in [0.15, 0.2) is 0 Å². The number of nitrogens with one attached hydrogen (secondary N) is 4. The molecule has 0 spiro atoms. The van der Waals surface area contributed by atoms with Crippen molar-refractivity contribution in [2.24, 2.45) is 23.7 Å². The SMILES string of the molecule is COC1CNC(Cl)CC1C1CC(C)NCC1C(=O)NC1NC2CC[C@@H](C(=O)N3CC(O)C3)CC2S1. The lowest BCUT2D eigenvalue weighted by atomic mass is 9.70. The fraction of sp³-hybridized carbons (Fsp3) is 0.917. The number of hydrogen-bond acceptors (Lipinski definition) is 8. The average molecular weight is 530 g/mol. The number of nitrogens with zero attached hydrogens (tertiary/aromatic N) is 1. The molecule has 5 fully saturated rings. The van der Waals surface area contributed by atoms with Crippen molar-refractivity contribution in [3.8, 4) is 0 Å². The van der Waals surface area contributed by atoms with Gasteiger partial charge in [-0.3, -0.25) is 20.2 Å². The van der Waals surface area contributed by atoms with E-state index < -0.39 is 0 Å². The third-order valence-electron chi connectivity index (χ3n) is 8.78. The second-order valence-electron chi connectivity index (χ2n) is 11.1. The zero-order valence-electron chi connectivity index (χ0n) is 20.6. The van der Waals surface area contributed by atoms with Gasteiger partial charge in [0, 0.05) is 56.5 Å². The first-order valence-corrected chi connectivity index (χ1v) is 14.5. The van der Waals surface area contributed by atoms with Gasteiger partial charge in [-0.2, -0.15) is 0 Å². The minimum absolute atomic E-state index is 0.0234. The summed E-state index contributed by atoms with van der Waals surface area (Å²) in [5.41, 5.74) is -0.227. The van der Waals surface area contributed by atoms with Crippen LogP contribution >= 0.6 is 23.4 Å². The number of thioether (sulfide) groups is 1. The number of halogens is 1. The highest BCUT2D eigenvalue weighted by Crippen LogP contribution is 2.41. The average Bonchev–Trinajstić information content (AvgIpc) is 3.22. The van der Waals surface area contributed by atoms with E-state index in [1.54, 1.807) is 23.8 Å². The van der Waals surface area contributed by atoms with Gasteiger partial charge in [-0.15, -0.1) is 23.4 Å². The quantitative estimate of drug-likeness (QED) is 0.255. The van der Waals surface area contributed by atoms with Crippen LogP contribution in [0, 0.1) is 23.7 Å². The molecule has 11 heteroatoms. The summed E-state index contributed by atoms with van der Waals surface area (Å²) in [6.07, 6.45) is 4.04. The molecule has 0 aromatic carbocycles. The fourth-order valence-corrected chi connectivity index (χ4v) is 8.61. The molecular formula is C24H40ClN5O4S. The van der Waals surface area contributed by atoms with Crippen molar-refractivity contribution in [1.29, 1.82) is 0 Å². The van der Waals surface area contributed by atoms with Gasteiger partial charge in [0.1, 0.15) is 5.50 Å². The van der Waals surface area contributed by atoms with Crippen molar-refractivity contribution in [3.63, 3.8) is 0 Å². The lowest BCUT2D eigenvalue weighted by molar-refractivity contribution is -0.146. The summed E-state index contributed by atoms with van der Waals surface area (Å²) in [6.45, 7) is 4.48. The van der Waals surface area contributed by atoms with Crippen molar-refractivity contribution in [2.45, 2.75) is 79.6 Å². The van der Waals surface area contributed by atoms with Crippen LogP contribution in [0.25, 0.3) is 0 Å². The predicted octanol–water partition coefficient (Wildman–Crippen LogP) is 0.267. The summed E-state index contributed by atoms with van der Waals surface area (Å²) in [7, 11) is 1.75. The lowest BCUT2D eigenvalue weighted by Crippen LogP contribution is -2.57. The highest BCUT2D eigenvalue weighted by molar-refractivity contribution is 8.00. The molecule has 1 saturated carbocycles. The number of β-amino-alcohol motifs (C(OH)–C–C–N with tert-alkyl or cyclic N) is 1. The van der Waals surface area contributed by atoms with E-state index in [4.69, 9.17) is 16.3 Å². The molecule has 0 aromatic heterocycles. The molecule has 0 bridgehead atoms. The Morgan fingerprint density at radius 1 is 1.11 bits per heavy atom. The number of rotatable bonds is 5. The number of carbonyl (C=O) groups excluding carboxylic acids is 2. The molecule has 10 atom stereocenters. The van der Waals surface area contributed by atoms with Crippen LogP contribution in [0.4, 0.5) is 0 Å². The van der Waals surface area contributed by atoms with Gasteiger partial charge in [-0.05, 0) is 50.9 Å². The van der Waals surface area contributed by atoms with Crippen LogP contribution in [0.2, 0.25) is 0 Å². The summed E-state index contributed by atoms with van der Waals surface area (Å²) in [5, 5.41) is 23.5. The van der Waals surface area contributed by atoms with Crippen LogP contribution in [0.1, 0.15) is 39.0 Å². The highest BCUT2D eigenvalue weighted by Gasteiger charge is 2.46. The Hall–Kier alpha value is -0.620. The Morgan fingerprint density at radius 3 is 2.66 bits per heavy atom. The maximum atomic E-state index is 13.6. The summed E-state index contributed by atoms with van der Waals surface area (Å²) in [4.78, 5) is 28.1. The Kier molecular flexibility index (Phi) is 8.18. The van der Waals surface area contributed by atoms with Gasteiger partial charge in [0.05, 0.1) is 23.6 Å². The molecule has 9 unspecified atom stereocenters. The van der Waals surface area contributed by atoms with E-state index in [2.05, 4.69) is 28.2 Å². The molecule has 198 valence electrons. The lowest BCUT2D eigenvalue weighted by Gasteiger charge is -2.45. The zero-order chi connectivity index (χ0) is 24.7. The summed E-state index contributed by atoms with van der Waals surface area (Å²) < 4.78 is 5.80. The van der Waals surface area contributed by atoms with Crippen molar-refractivity contribution in [1.82, 2.24) is 26.2 Å². The van der Waals surface area contributed by atoms with E-state index in [-0.39, 0.29) is 58.7 Å². The van der Waals surface area contributed by atoms with E-state index in [0.717, 1.165) is 32.1 Å². The van der Waals surface area contributed by atoms with Gasteiger partial charge in [0.2, 0.25) is 11.8 Å². The monoisotopic (exact) mass is 529 g/mol. The van der Waals surface area contributed by atoms with Crippen LogP contribution in [-0.4, -0.2) is 95.7 Å². The number of alkyl halides is 1. The molecule has 9 nitrogen and oxygen atoms in total. The molecule has 5 aliphatic rings. The molecule has 0 aromatic rings. The zero-order valence-corrected chi connectivity index (χ0v) is 22.2. The molecule has 35 heavy (non-hydrogen) atoms. The normalized spacial score (nSPS) is 44.4. The maximum Gasteiger partial charge on any atom is 0.226 e. The molecule has 5 N–H and O–H groups in total. The first-order valence-electron chi connectivity index (χ1n) is 13.1. The number of fused-ring (bicyclic) bond motifs is 1. The number of piperidine rings is 2. The molecule has 0 radical (unpaired) electrons. The second kappa shape index (κ2) is 11.0. The van der Waals surface area contributed by atoms with E-state index in [9.17, 15) is 14.7 Å². The van der Waals surface area contributed by atoms with E-state index >= 15 is 0 Å². The van der Waals surface area contributed by atoms with Crippen molar-refractivity contribution in [3.05, 3.63) is 0 Å². The maximum absolute atomic E-state index is 13.6. The molecule has 5 rings (SSSR count). The third-order valence-corrected chi connectivity index (χ3v) is 10.5. The van der Waals surface area contributed by atoms with Crippen molar-refractivity contribution < 1.29 is 19.4 Å². The number of methoxy groups -OCH3 is 1. The Bertz CT molecular complexity index is 789. The molecule has 4 heterocycles. The van der Waals surface area contributed by atoms with Crippen molar-refractivity contribution in [2.75, 3.05) is 33.3 Å². The Morgan fingerprint density at radius 2 is 1.91 bits per heavy atom. The Labute approximate surface area is 217 Å². The minimum Gasteiger partial charge on any atom is -0.389 e. The smallest absolute Gasteiger partial charge is 0.226 e. The largest absolute Gasteiger partial charge is 0.389 e. The van der Waals surface area contributed by atoms with Crippen LogP contribution in [-0.2, 0) is 14.3 Å². The number of carbonyl (C=O) groups is 2. The van der Waals surface area contributed by atoms with Gasteiger partial charge in [0.15, 0.2) is 0 Å². The number of aliphatic hydroxyl groups excluding tert-OH is 1. The molecule has 4 aliphatic heterocycles. The van der Waals surface area contributed by atoms with Gasteiger partial charge in [-0.1, -0.05) is 0 Å². The van der Waals surface area contributed by atoms with E-state index in [1.165, 1.54) is 0 Å². The predicted molar refractivity (Wildman–Crippen MR) is 136 cm³/mol. The van der Waals surface area contributed by atoms with Gasteiger partial charge in [-0.25, -0.2) is 0 Å². The second-order valence-corrected chi connectivity index (χ2v) is 13.0. The highest BCUT2D eigenvalue weighted by atomic mass is 35.5. The van der Waals surface area contributed by atoms with Gasteiger partial charge in [0.25, 0.3) is 0 Å². The topological polar surface area (TPSA) is 115 Å². The van der Waals surface area contributed by atoms with Crippen LogP contribution in [0.3, 0.4) is 0 Å². The summed E-state index contributed by atoms with van der Waals surface area (Å²) in [5.74, 6) is 0.604. The fourth-order valence-electron chi connectivity index (χ4n) is 6.78. The van der Waals surface area contributed by atoms with Gasteiger partial charge >= 0.3 is 0 Å². The number of hydrogen-bond donors (Lipinski definition) is 5. The molecule has 4 saturated heterocycles. The number of ether oxygens (including phenoxy) is 1. The first-order chi connectivity index (χ1) is 16.8. The minimum atomic E-state index is -0.363. The van der Waals surface area contributed by atoms with Crippen LogP contribution in [0.5, 0.6) is 0 Å². The van der Waals surface area contributed by atoms with E-state index in [0.29, 0.717) is 43.5 Å². The summed E-state index contributed by atoms with van der Waals surface area (Å²) in [6, 6.07) is 0.671. The number of likely N-dealkylation sites (tertiary alicyclic amines) is 1. The first kappa shape index (κ1) is 26.0. The molecular weight excluding hydrogens is 490 g/mol. The van der Waals surface area contributed by atoms with Gasteiger partial charge < -0.3 is 25.4 Å². The Balaban J connectivity index is 1.18. The van der Waals surface area contributed by atoms with Crippen LogP contribution < -0.4 is 21.3 Å².